The zero-order valence-electron chi connectivity index (χ0n) is 7.12. The predicted octanol–water partition coefficient (Wildman–Crippen LogP) is 1.73. The van der Waals surface area contributed by atoms with Gasteiger partial charge < -0.3 is 4.74 Å². The summed E-state index contributed by atoms with van der Waals surface area (Å²) < 4.78 is 5.29. The first-order valence-corrected chi connectivity index (χ1v) is 4.18. The summed E-state index contributed by atoms with van der Waals surface area (Å²) in [7, 11) is 0. The number of nitrogens with zero attached hydrogens (tertiary/aromatic N) is 1. The van der Waals surface area contributed by atoms with E-state index in [9.17, 15) is 4.79 Å². The lowest BCUT2D eigenvalue weighted by molar-refractivity contribution is 0.111. The second kappa shape index (κ2) is 3.52. The third-order valence-corrected chi connectivity index (χ3v) is 2.18. The van der Waals surface area contributed by atoms with E-state index in [1.54, 1.807) is 12.1 Å². The molecule has 3 nitrogen and oxygen atoms in total. The number of benzene rings is 1. The Hall–Kier alpha value is -1.44. The molecular weight excluding hydrogens is 166 g/mol. The quantitative estimate of drug-likeness (QED) is 0.481. The summed E-state index contributed by atoms with van der Waals surface area (Å²) in [6.45, 7) is 1.30. The maximum atomic E-state index is 10.1. The zero-order valence-corrected chi connectivity index (χ0v) is 7.12. The Morgan fingerprint density at radius 1 is 1.46 bits per heavy atom. The Balaban J connectivity index is 2.51. The first-order chi connectivity index (χ1) is 6.42. The number of rotatable bonds is 1. The lowest BCUT2D eigenvalue weighted by Crippen LogP contribution is -2.09. The van der Waals surface area contributed by atoms with E-state index < -0.39 is 0 Å². The van der Waals surface area contributed by atoms with Crippen LogP contribution in [0.3, 0.4) is 0 Å². The van der Waals surface area contributed by atoms with Crippen LogP contribution in [0.1, 0.15) is 11.1 Å². The monoisotopic (exact) mass is 175 g/mol. The summed E-state index contributed by atoms with van der Waals surface area (Å²) in [5.74, 6) is 0. The van der Waals surface area contributed by atoms with E-state index in [0.29, 0.717) is 12.3 Å². The third-order valence-electron chi connectivity index (χ3n) is 2.18. The number of isocyanates is 1. The molecule has 1 aliphatic rings. The van der Waals surface area contributed by atoms with Crippen LogP contribution in [0.25, 0.3) is 0 Å². The highest BCUT2D eigenvalue weighted by Crippen LogP contribution is 2.26. The van der Waals surface area contributed by atoms with Crippen molar-refractivity contribution in [3.8, 4) is 0 Å². The van der Waals surface area contributed by atoms with E-state index in [4.69, 9.17) is 4.74 Å². The summed E-state index contributed by atoms with van der Waals surface area (Å²) in [6, 6.07) is 5.75. The van der Waals surface area contributed by atoms with Crippen LogP contribution in [-0.4, -0.2) is 12.7 Å². The van der Waals surface area contributed by atoms with Crippen LogP contribution in [0.5, 0.6) is 0 Å². The molecule has 0 atom stereocenters. The number of fused-ring (bicyclic) bond motifs is 1. The maximum absolute atomic E-state index is 10.1. The average molecular weight is 175 g/mol. The van der Waals surface area contributed by atoms with Gasteiger partial charge in [-0.25, -0.2) is 4.79 Å². The molecular formula is C10H9NO2. The first-order valence-electron chi connectivity index (χ1n) is 4.18. The fourth-order valence-corrected chi connectivity index (χ4v) is 1.53. The fourth-order valence-electron chi connectivity index (χ4n) is 1.53. The van der Waals surface area contributed by atoms with Crippen molar-refractivity contribution in [3.05, 3.63) is 29.3 Å². The summed E-state index contributed by atoms with van der Waals surface area (Å²) >= 11 is 0. The van der Waals surface area contributed by atoms with Crippen LogP contribution in [0.4, 0.5) is 5.69 Å². The summed E-state index contributed by atoms with van der Waals surface area (Å²) in [6.07, 6.45) is 2.45. The van der Waals surface area contributed by atoms with Crippen molar-refractivity contribution < 1.29 is 9.53 Å². The van der Waals surface area contributed by atoms with Gasteiger partial charge in [0.05, 0.1) is 18.9 Å². The molecule has 13 heavy (non-hydrogen) atoms. The van der Waals surface area contributed by atoms with Crippen LogP contribution in [0.15, 0.2) is 23.2 Å². The number of carbonyl (C=O) groups excluding carboxylic acids is 1. The molecule has 3 heteroatoms. The lowest BCUT2D eigenvalue weighted by atomic mass is 10.0. The molecule has 0 radical (unpaired) electrons. The summed E-state index contributed by atoms with van der Waals surface area (Å²) in [4.78, 5) is 13.8. The molecule has 0 bridgehead atoms. The van der Waals surface area contributed by atoms with Gasteiger partial charge in [0.25, 0.3) is 0 Å². The van der Waals surface area contributed by atoms with Crippen LogP contribution in [0, 0.1) is 0 Å². The number of hydrogen-bond donors (Lipinski definition) is 0. The van der Waals surface area contributed by atoms with Crippen LogP contribution in [0.2, 0.25) is 0 Å². The van der Waals surface area contributed by atoms with Crippen molar-refractivity contribution in [1.29, 1.82) is 0 Å². The van der Waals surface area contributed by atoms with E-state index in [1.165, 1.54) is 5.56 Å². The molecule has 0 saturated heterocycles. The Bertz CT molecular complexity index is 367. The molecule has 0 aromatic heterocycles. The number of ether oxygens (including phenoxy) is 1. The van der Waals surface area contributed by atoms with E-state index >= 15 is 0 Å². The smallest absolute Gasteiger partial charge is 0.240 e. The molecule has 0 spiro atoms. The second-order valence-electron chi connectivity index (χ2n) is 2.92. The van der Waals surface area contributed by atoms with Gasteiger partial charge in [-0.05, 0) is 18.1 Å². The van der Waals surface area contributed by atoms with Gasteiger partial charge in [-0.1, -0.05) is 12.1 Å². The van der Waals surface area contributed by atoms with Gasteiger partial charge in [0.1, 0.15) is 0 Å². The van der Waals surface area contributed by atoms with Crippen molar-refractivity contribution in [2.24, 2.45) is 4.99 Å². The Morgan fingerprint density at radius 3 is 3.23 bits per heavy atom. The highest BCUT2D eigenvalue weighted by Gasteiger charge is 2.12. The van der Waals surface area contributed by atoms with Crippen molar-refractivity contribution in [2.75, 3.05) is 6.61 Å². The molecule has 1 aromatic rings. The van der Waals surface area contributed by atoms with E-state index in [0.717, 1.165) is 18.6 Å². The molecule has 0 aliphatic carbocycles. The SMILES string of the molecule is O=C=Nc1cccc2c1COCC2. The predicted molar refractivity (Wildman–Crippen MR) is 47.6 cm³/mol. The second-order valence-corrected chi connectivity index (χ2v) is 2.92. The topological polar surface area (TPSA) is 38.7 Å². The Labute approximate surface area is 76.1 Å². The largest absolute Gasteiger partial charge is 0.376 e. The van der Waals surface area contributed by atoms with Crippen molar-refractivity contribution in [2.45, 2.75) is 13.0 Å². The van der Waals surface area contributed by atoms with Gasteiger partial charge in [-0.3, -0.25) is 0 Å². The standard InChI is InChI=1S/C10H9NO2/c12-7-11-10-3-1-2-8-4-5-13-6-9(8)10/h1-3H,4-6H2. The van der Waals surface area contributed by atoms with Gasteiger partial charge in [0.2, 0.25) is 6.08 Å². The van der Waals surface area contributed by atoms with Gasteiger partial charge >= 0.3 is 0 Å². The van der Waals surface area contributed by atoms with E-state index in [1.807, 2.05) is 12.1 Å². The maximum Gasteiger partial charge on any atom is 0.240 e. The summed E-state index contributed by atoms with van der Waals surface area (Å²) in [5.41, 5.74) is 2.94. The highest BCUT2D eigenvalue weighted by atomic mass is 16.5. The third kappa shape index (κ3) is 1.52. The minimum atomic E-state index is 0.552. The molecule has 0 fully saturated rings. The van der Waals surface area contributed by atoms with Gasteiger partial charge in [0, 0.05) is 5.56 Å². The van der Waals surface area contributed by atoms with Gasteiger partial charge in [-0.15, -0.1) is 0 Å². The van der Waals surface area contributed by atoms with E-state index in [-0.39, 0.29) is 0 Å². The highest BCUT2D eigenvalue weighted by molar-refractivity contribution is 5.56. The number of aliphatic imine (C=N–C) groups is 1. The fraction of sp³-hybridized carbons (Fsp3) is 0.300. The van der Waals surface area contributed by atoms with Crippen LogP contribution >= 0.6 is 0 Å². The van der Waals surface area contributed by atoms with Crippen LogP contribution < -0.4 is 0 Å². The lowest BCUT2D eigenvalue weighted by Gasteiger charge is -2.16. The average Bonchev–Trinajstić information content (AvgIpc) is 2.19. The van der Waals surface area contributed by atoms with Crippen molar-refractivity contribution in [3.63, 3.8) is 0 Å². The minimum Gasteiger partial charge on any atom is -0.376 e. The molecule has 66 valence electrons. The van der Waals surface area contributed by atoms with Gasteiger partial charge in [-0.2, -0.15) is 4.99 Å². The molecule has 1 aliphatic heterocycles. The number of hydrogen-bond acceptors (Lipinski definition) is 3. The van der Waals surface area contributed by atoms with Crippen LogP contribution in [-0.2, 0) is 22.6 Å². The normalized spacial score (nSPS) is 14.5. The molecule has 0 N–H and O–H groups in total. The molecule has 0 saturated carbocycles. The minimum absolute atomic E-state index is 0.552. The molecule has 0 amide bonds. The Morgan fingerprint density at radius 2 is 2.38 bits per heavy atom. The van der Waals surface area contributed by atoms with Gasteiger partial charge in [0.15, 0.2) is 0 Å². The van der Waals surface area contributed by atoms with Crippen molar-refractivity contribution in [1.82, 2.24) is 0 Å². The molecule has 0 unspecified atom stereocenters. The molecule has 1 aromatic carbocycles. The summed E-state index contributed by atoms with van der Waals surface area (Å²) in [5, 5.41) is 0. The Kier molecular flexibility index (Phi) is 2.21. The molecule has 1 heterocycles. The van der Waals surface area contributed by atoms with Crippen molar-refractivity contribution >= 4 is 11.8 Å². The van der Waals surface area contributed by atoms with E-state index in [2.05, 4.69) is 4.99 Å². The first kappa shape index (κ1) is 8.17. The molecule has 2 rings (SSSR count). The zero-order chi connectivity index (χ0) is 9.10.